The summed E-state index contributed by atoms with van der Waals surface area (Å²) < 4.78 is 45.3. The molecule has 0 spiro atoms. The summed E-state index contributed by atoms with van der Waals surface area (Å²) in [6, 6.07) is 8.74. The molecule has 25 heavy (non-hydrogen) atoms. The second kappa shape index (κ2) is 6.93. The summed E-state index contributed by atoms with van der Waals surface area (Å²) in [6.45, 7) is 0.0852. The van der Waals surface area contributed by atoms with Gasteiger partial charge < -0.3 is 14.5 Å². The van der Waals surface area contributed by atoms with Crippen LogP contribution in [0, 0.1) is 0 Å². The lowest BCUT2D eigenvalue weighted by molar-refractivity contribution is -0.274. The number of nitrogens with zero attached hydrogens (tertiary/aromatic N) is 2. The second-order valence-electron chi connectivity index (χ2n) is 4.76. The molecule has 0 atom stereocenters. The molecule has 3 rings (SSSR count). The molecule has 0 aliphatic rings. The van der Waals surface area contributed by atoms with E-state index in [0.29, 0.717) is 5.56 Å². The number of aromatic nitrogens is 2. The van der Waals surface area contributed by atoms with Crippen molar-refractivity contribution >= 4 is 17.2 Å². The number of hydrogen-bond donors (Lipinski definition) is 1. The molecule has 10 heteroatoms. The summed E-state index contributed by atoms with van der Waals surface area (Å²) in [5, 5.41) is 11.8. The molecule has 3 aromatic rings. The van der Waals surface area contributed by atoms with Crippen LogP contribution in [-0.2, 0) is 6.54 Å². The van der Waals surface area contributed by atoms with E-state index in [1.165, 1.54) is 23.5 Å². The third kappa shape index (κ3) is 4.57. The summed E-state index contributed by atoms with van der Waals surface area (Å²) in [4.78, 5) is 12.7. The number of rotatable bonds is 5. The number of hydrogen-bond acceptors (Lipinski definition) is 6. The van der Waals surface area contributed by atoms with Crippen molar-refractivity contribution in [2.75, 3.05) is 0 Å². The maximum Gasteiger partial charge on any atom is 0.573 e. The highest BCUT2D eigenvalue weighted by atomic mass is 32.1. The summed E-state index contributed by atoms with van der Waals surface area (Å²) >= 11 is 1.40. The number of carbonyl (C=O) groups is 1. The van der Waals surface area contributed by atoms with Gasteiger partial charge >= 0.3 is 18.2 Å². The number of alkyl halides is 3. The molecule has 2 aromatic heterocycles. The molecule has 0 radical (unpaired) electrons. The molecule has 0 unspecified atom stereocenters. The van der Waals surface area contributed by atoms with Crippen LogP contribution >= 0.6 is 11.3 Å². The van der Waals surface area contributed by atoms with Crippen LogP contribution in [0.3, 0.4) is 0 Å². The van der Waals surface area contributed by atoms with Crippen LogP contribution in [0.15, 0.2) is 46.2 Å². The molecule has 0 aliphatic heterocycles. The van der Waals surface area contributed by atoms with E-state index in [9.17, 15) is 18.0 Å². The van der Waals surface area contributed by atoms with E-state index < -0.39 is 12.3 Å². The standard InChI is InChI=1S/C15H10F3N3O3S/c16-15(17,18)24-10-5-3-9(4-6-10)8-19-12(22)14-21-20-13(23-14)11-2-1-7-25-11/h1-7H,8H2,(H,19,22). The Morgan fingerprint density at radius 3 is 2.60 bits per heavy atom. The number of amides is 1. The molecule has 0 saturated heterocycles. The number of thiophene rings is 1. The Hall–Kier alpha value is -2.88. The van der Waals surface area contributed by atoms with E-state index in [0.717, 1.165) is 17.0 Å². The van der Waals surface area contributed by atoms with Gasteiger partial charge in [-0.15, -0.1) is 34.7 Å². The first kappa shape index (κ1) is 17.0. The molecule has 1 N–H and O–H groups in total. The van der Waals surface area contributed by atoms with E-state index in [2.05, 4.69) is 20.3 Å². The Balaban J connectivity index is 1.57. The number of nitrogens with one attached hydrogen (secondary N) is 1. The van der Waals surface area contributed by atoms with Crippen molar-refractivity contribution in [1.82, 2.24) is 15.5 Å². The van der Waals surface area contributed by atoms with Crippen LogP contribution in [0.5, 0.6) is 5.75 Å². The lowest BCUT2D eigenvalue weighted by Gasteiger charge is -2.09. The maximum atomic E-state index is 12.1. The maximum absolute atomic E-state index is 12.1. The molecule has 130 valence electrons. The van der Waals surface area contributed by atoms with Crippen LogP contribution in [0.2, 0.25) is 0 Å². The van der Waals surface area contributed by atoms with E-state index in [-0.39, 0.29) is 24.1 Å². The van der Waals surface area contributed by atoms with Gasteiger partial charge in [-0.2, -0.15) is 0 Å². The number of ether oxygens (including phenoxy) is 1. The third-order valence-corrected chi connectivity index (χ3v) is 3.82. The quantitative estimate of drug-likeness (QED) is 0.743. The molecule has 1 amide bonds. The molecule has 0 fully saturated rings. The normalized spacial score (nSPS) is 11.3. The number of carbonyl (C=O) groups excluding carboxylic acids is 1. The summed E-state index contributed by atoms with van der Waals surface area (Å²) in [7, 11) is 0. The second-order valence-corrected chi connectivity index (χ2v) is 5.71. The minimum atomic E-state index is -4.74. The smallest absolute Gasteiger partial charge is 0.411 e. The average molecular weight is 369 g/mol. The van der Waals surface area contributed by atoms with Gasteiger partial charge in [-0.05, 0) is 29.1 Å². The SMILES string of the molecule is O=C(NCc1ccc(OC(F)(F)F)cc1)c1nnc(-c2cccs2)o1. The van der Waals surface area contributed by atoms with E-state index in [1.807, 2.05) is 11.4 Å². The molecule has 0 saturated carbocycles. The van der Waals surface area contributed by atoms with Gasteiger partial charge in [0.05, 0.1) is 4.88 Å². The Bertz CT molecular complexity index is 845. The summed E-state index contributed by atoms with van der Waals surface area (Å²) in [5.74, 6) is -0.861. The predicted octanol–water partition coefficient (Wildman–Crippen LogP) is 3.63. The third-order valence-electron chi connectivity index (χ3n) is 2.96. The minimum Gasteiger partial charge on any atom is -0.411 e. The highest BCUT2D eigenvalue weighted by Gasteiger charge is 2.30. The minimum absolute atomic E-state index is 0.0852. The van der Waals surface area contributed by atoms with E-state index in [1.54, 1.807) is 6.07 Å². The lowest BCUT2D eigenvalue weighted by atomic mass is 10.2. The largest absolute Gasteiger partial charge is 0.573 e. The monoisotopic (exact) mass is 369 g/mol. The zero-order valence-corrected chi connectivity index (χ0v) is 13.2. The first-order chi connectivity index (χ1) is 11.9. The van der Waals surface area contributed by atoms with Crippen LogP contribution in [0.4, 0.5) is 13.2 Å². The average Bonchev–Trinajstić information content (AvgIpc) is 3.23. The van der Waals surface area contributed by atoms with Crippen molar-refractivity contribution in [2.45, 2.75) is 12.9 Å². The van der Waals surface area contributed by atoms with Gasteiger partial charge in [-0.3, -0.25) is 4.79 Å². The summed E-state index contributed by atoms with van der Waals surface area (Å²) in [5.41, 5.74) is 0.584. The van der Waals surface area contributed by atoms with Crippen LogP contribution < -0.4 is 10.1 Å². The van der Waals surface area contributed by atoms with Gasteiger partial charge in [0.2, 0.25) is 0 Å². The lowest BCUT2D eigenvalue weighted by Crippen LogP contribution is -2.23. The van der Waals surface area contributed by atoms with Crippen molar-refractivity contribution in [3.8, 4) is 16.5 Å². The molecule has 1 aromatic carbocycles. The van der Waals surface area contributed by atoms with Gasteiger partial charge in [-0.25, -0.2) is 0 Å². The first-order valence-electron chi connectivity index (χ1n) is 6.91. The van der Waals surface area contributed by atoms with Gasteiger partial charge in [0, 0.05) is 6.54 Å². The topological polar surface area (TPSA) is 77.2 Å². The van der Waals surface area contributed by atoms with Crippen LogP contribution in [-0.4, -0.2) is 22.5 Å². The molecular formula is C15H10F3N3O3S. The van der Waals surface area contributed by atoms with Gasteiger partial charge in [-0.1, -0.05) is 18.2 Å². The Kier molecular flexibility index (Phi) is 4.70. The fourth-order valence-corrected chi connectivity index (χ4v) is 2.53. The number of halogens is 3. The van der Waals surface area contributed by atoms with E-state index >= 15 is 0 Å². The molecular weight excluding hydrogens is 359 g/mol. The van der Waals surface area contributed by atoms with E-state index in [4.69, 9.17) is 4.42 Å². The Labute approximate surface area is 143 Å². The van der Waals surface area contributed by atoms with Crippen LogP contribution in [0.1, 0.15) is 16.2 Å². The molecule has 6 nitrogen and oxygen atoms in total. The highest BCUT2D eigenvalue weighted by Crippen LogP contribution is 2.24. The van der Waals surface area contributed by atoms with Crippen molar-refractivity contribution < 1.29 is 27.1 Å². The van der Waals surface area contributed by atoms with Crippen molar-refractivity contribution in [3.63, 3.8) is 0 Å². The van der Waals surface area contributed by atoms with Crippen LogP contribution in [0.25, 0.3) is 10.8 Å². The van der Waals surface area contributed by atoms with Gasteiger partial charge in [0.25, 0.3) is 5.89 Å². The highest BCUT2D eigenvalue weighted by molar-refractivity contribution is 7.13. The Morgan fingerprint density at radius 2 is 1.96 bits per heavy atom. The molecule has 0 aliphatic carbocycles. The van der Waals surface area contributed by atoms with Crippen molar-refractivity contribution in [2.24, 2.45) is 0 Å². The summed E-state index contributed by atoms with van der Waals surface area (Å²) in [6.07, 6.45) is -4.74. The van der Waals surface area contributed by atoms with Crippen molar-refractivity contribution in [1.29, 1.82) is 0 Å². The number of benzene rings is 1. The Morgan fingerprint density at radius 1 is 1.20 bits per heavy atom. The van der Waals surface area contributed by atoms with Gasteiger partial charge in [0.15, 0.2) is 0 Å². The zero-order valence-electron chi connectivity index (χ0n) is 12.4. The fraction of sp³-hybridized carbons (Fsp3) is 0.133. The fourth-order valence-electron chi connectivity index (χ4n) is 1.88. The molecule has 0 bridgehead atoms. The van der Waals surface area contributed by atoms with Gasteiger partial charge in [0.1, 0.15) is 5.75 Å². The first-order valence-corrected chi connectivity index (χ1v) is 7.79. The predicted molar refractivity (Wildman–Crippen MR) is 81.9 cm³/mol. The zero-order chi connectivity index (χ0) is 17.9. The van der Waals surface area contributed by atoms with Crippen molar-refractivity contribution in [3.05, 3.63) is 53.2 Å². The molecule has 2 heterocycles.